The predicted molar refractivity (Wildman–Crippen MR) is 128 cm³/mol. The van der Waals surface area contributed by atoms with E-state index >= 15 is 0 Å². The average molecular weight is 478 g/mol. The number of nitrogens with zero attached hydrogens (tertiary/aromatic N) is 2. The zero-order valence-corrected chi connectivity index (χ0v) is 20.5. The summed E-state index contributed by atoms with van der Waals surface area (Å²) in [5.74, 6) is -1.37. The number of rotatable bonds is 9. The molecule has 0 aliphatic carbocycles. The minimum absolute atomic E-state index is 0.136. The molecule has 7 nitrogen and oxygen atoms in total. The molecule has 2 aromatic rings. The Labute approximate surface area is 195 Å². The topological polar surface area (TPSA) is 86.8 Å². The number of hydrogen-bond acceptors (Lipinski definition) is 4. The lowest BCUT2D eigenvalue weighted by molar-refractivity contribution is -0.141. The summed E-state index contributed by atoms with van der Waals surface area (Å²) < 4.78 is 39.2. The Hall–Kier alpha value is -2.94. The maximum absolute atomic E-state index is 13.5. The van der Waals surface area contributed by atoms with E-state index in [2.05, 4.69) is 5.32 Å². The van der Waals surface area contributed by atoms with Gasteiger partial charge in [0.15, 0.2) is 0 Å². The van der Waals surface area contributed by atoms with Gasteiger partial charge >= 0.3 is 0 Å². The molecule has 1 atom stereocenters. The summed E-state index contributed by atoms with van der Waals surface area (Å²) in [7, 11) is -3.85. The van der Waals surface area contributed by atoms with Crippen LogP contribution in [0.1, 0.15) is 39.7 Å². The first kappa shape index (κ1) is 26.3. The number of benzene rings is 2. The first-order chi connectivity index (χ1) is 15.3. The molecule has 0 spiro atoms. The van der Waals surface area contributed by atoms with Gasteiger partial charge in [0.05, 0.1) is 11.9 Å². The number of sulfonamides is 1. The zero-order chi connectivity index (χ0) is 24.8. The molecule has 180 valence electrons. The van der Waals surface area contributed by atoms with Crippen LogP contribution in [0, 0.1) is 5.82 Å². The molecule has 1 N–H and O–H groups in total. The predicted octanol–water partition coefficient (Wildman–Crippen LogP) is 3.31. The van der Waals surface area contributed by atoms with Crippen molar-refractivity contribution in [3.63, 3.8) is 0 Å². The second kappa shape index (κ2) is 10.8. The molecule has 0 bridgehead atoms. The third-order valence-electron chi connectivity index (χ3n) is 4.87. The fraction of sp³-hybridized carbons (Fsp3) is 0.417. The van der Waals surface area contributed by atoms with Crippen molar-refractivity contribution in [3.8, 4) is 0 Å². The van der Waals surface area contributed by atoms with Gasteiger partial charge in [0, 0.05) is 12.1 Å². The molecule has 0 aromatic heterocycles. The fourth-order valence-corrected chi connectivity index (χ4v) is 4.22. The maximum Gasteiger partial charge on any atom is 0.244 e. The SMILES string of the molecule is CCC(C(=O)NC(C)(C)C)N(Cc1ccccc1)C(=O)CN(c1ccc(F)cc1)S(C)(=O)=O. The van der Waals surface area contributed by atoms with Crippen LogP contribution in [0.15, 0.2) is 54.6 Å². The average Bonchev–Trinajstić information content (AvgIpc) is 2.71. The Kier molecular flexibility index (Phi) is 8.60. The van der Waals surface area contributed by atoms with E-state index in [-0.39, 0.29) is 18.1 Å². The van der Waals surface area contributed by atoms with Crippen molar-refractivity contribution in [2.45, 2.75) is 52.2 Å². The molecule has 2 rings (SSSR count). The summed E-state index contributed by atoms with van der Waals surface area (Å²) in [6, 6.07) is 13.2. The van der Waals surface area contributed by atoms with E-state index in [9.17, 15) is 22.4 Å². The van der Waals surface area contributed by atoms with Crippen molar-refractivity contribution in [2.75, 3.05) is 17.1 Å². The van der Waals surface area contributed by atoms with Gasteiger partial charge in [0.25, 0.3) is 0 Å². The van der Waals surface area contributed by atoms with E-state index < -0.39 is 39.9 Å². The van der Waals surface area contributed by atoms with Crippen LogP contribution in [-0.4, -0.2) is 49.5 Å². The quantitative estimate of drug-likeness (QED) is 0.600. The highest BCUT2D eigenvalue weighted by molar-refractivity contribution is 7.92. The first-order valence-electron chi connectivity index (χ1n) is 10.7. The molecule has 0 aliphatic rings. The lowest BCUT2D eigenvalue weighted by atomic mass is 10.1. The standard InChI is InChI=1S/C24H32FN3O4S/c1-6-21(23(30)26-24(2,3)4)27(16-18-10-8-7-9-11-18)22(29)17-28(33(5,31)32)20-14-12-19(25)13-15-20/h7-15,21H,6,16-17H2,1-5H3,(H,26,30). The Morgan fingerprint density at radius 1 is 1.03 bits per heavy atom. The Balaban J connectivity index is 2.42. The molecule has 9 heteroatoms. The van der Waals surface area contributed by atoms with Gasteiger partial charge in [-0.3, -0.25) is 13.9 Å². The van der Waals surface area contributed by atoms with E-state index in [0.717, 1.165) is 28.3 Å². The van der Waals surface area contributed by atoms with Crippen LogP contribution in [0.4, 0.5) is 10.1 Å². The third-order valence-corrected chi connectivity index (χ3v) is 6.01. The molecule has 0 heterocycles. The van der Waals surface area contributed by atoms with Gasteiger partial charge in [-0.05, 0) is 57.0 Å². The van der Waals surface area contributed by atoms with Crippen LogP contribution in [0.25, 0.3) is 0 Å². The summed E-state index contributed by atoms with van der Waals surface area (Å²) in [5.41, 5.74) is 0.471. The summed E-state index contributed by atoms with van der Waals surface area (Å²) in [6.45, 7) is 6.96. The van der Waals surface area contributed by atoms with Crippen molar-refractivity contribution in [3.05, 3.63) is 66.0 Å². The van der Waals surface area contributed by atoms with E-state index in [4.69, 9.17) is 0 Å². The summed E-state index contributed by atoms with van der Waals surface area (Å²) in [5, 5.41) is 2.91. The number of halogens is 1. The molecule has 2 amide bonds. The highest BCUT2D eigenvalue weighted by atomic mass is 32.2. The molecule has 0 radical (unpaired) electrons. The minimum Gasteiger partial charge on any atom is -0.350 e. The molecule has 0 aliphatic heterocycles. The fourth-order valence-electron chi connectivity index (χ4n) is 3.37. The lowest BCUT2D eigenvalue weighted by Crippen LogP contribution is -2.55. The minimum atomic E-state index is -3.85. The largest absolute Gasteiger partial charge is 0.350 e. The monoisotopic (exact) mass is 477 g/mol. The van der Waals surface area contributed by atoms with E-state index in [1.807, 2.05) is 51.1 Å². The number of amides is 2. The summed E-state index contributed by atoms with van der Waals surface area (Å²) in [6.07, 6.45) is 1.32. The molecule has 2 aromatic carbocycles. The van der Waals surface area contributed by atoms with Crippen LogP contribution in [-0.2, 0) is 26.2 Å². The number of anilines is 1. The van der Waals surface area contributed by atoms with Gasteiger partial charge in [-0.15, -0.1) is 0 Å². The van der Waals surface area contributed by atoms with Crippen molar-refractivity contribution >= 4 is 27.5 Å². The molecular formula is C24H32FN3O4S. The van der Waals surface area contributed by atoms with Gasteiger partial charge in [0.2, 0.25) is 21.8 Å². The van der Waals surface area contributed by atoms with Gasteiger partial charge < -0.3 is 10.2 Å². The number of hydrogen-bond donors (Lipinski definition) is 1. The maximum atomic E-state index is 13.5. The van der Waals surface area contributed by atoms with Crippen molar-refractivity contribution in [2.24, 2.45) is 0 Å². The molecular weight excluding hydrogens is 445 g/mol. The molecule has 0 saturated heterocycles. The summed E-state index contributed by atoms with van der Waals surface area (Å²) in [4.78, 5) is 27.9. The third kappa shape index (κ3) is 7.85. The van der Waals surface area contributed by atoms with Gasteiger partial charge in [-0.2, -0.15) is 0 Å². The lowest BCUT2D eigenvalue weighted by Gasteiger charge is -2.34. The number of carbonyl (C=O) groups excluding carboxylic acids is 2. The Bertz CT molecular complexity index is 1050. The van der Waals surface area contributed by atoms with Crippen molar-refractivity contribution < 1.29 is 22.4 Å². The Morgan fingerprint density at radius 3 is 2.09 bits per heavy atom. The van der Waals surface area contributed by atoms with E-state index in [1.54, 1.807) is 6.92 Å². The Morgan fingerprint density at radius 2 is 1.61 bits per heavy atom. The van der Waals surface area contributed by atoms with E-state index in [1.165, 1.54) is 17.0 Å². The number of nitrogens with one attached hydrogen (secondary N) is 1. The number of carbonyl (C=O) groups is 2. The highest BCUT2D eigenvalue weighted by Gasteiger charge is 2.33. The van der Waals surface area contributed by atoms with Crippen LogP contribution in [0.5, 0.6) is 0 Å². The second-order valence-corrected chi connectivity index (χ2v) is 10.8. The highest BCUT2D eigenvalue weighted by Crippen LogP contribution is 2.20. The van der Waals surface area contributed by atoms with Crippen LogP contribution >= 0.6 is 0 Å². The first-order valence-corrected chi connectivity index (χ1v) is 12.6. The van der Waals surface area contributed by atoms with Crippen molar-refractivity contribution in [1.82, 2.24) is 10.2 Å². The molecule has 1 unspecified atom stereocenters. The van der Waals surface area contributed by atoms with Crippen LogP contribution in [0.3, 0.4) is 0 Å². The second-order valence-electron chi connectivity index (χ2n) is 8.92. The zero-order valence-electron chi connectivity index (χ0n) is 19.7. The smallest absolute Gasteiger partial charge is 0.244 e. The van der Waals surface area contributed by atoms with Crippen LogP contribution in [0.2, 0.25) is 0 Å². The van der Waals surface area contributed by atoms with Gasteiger partial charge in [-0.1, -0.05) is 37.3 Å². The van der Waals surface area contributed by atoms with E-state index in [0.29, 0.717) is 6.42 Å². The van der Waals surface area contributed by atoms with Crippen molar-refractivity contribution in [1.29, 1.82) is 0 Å². The van der Waals surface area contributed by atoms with Crippen LogP contribution < -0.4 is 9.62 Å². The van der Waals surface area contributed by atoms with Gasteiger partial charge in [0.1, 0.15) is 18.4 Å². The molecule has 0 fully saturated rings. The van der Waals surface area contributed by atoms with Gasteiger partial charge in [-0.25, -0.2) is 12.8 Å². The summed E-state index contributed by atoms with van der Waals surface area (Å²) >= 11 is 0. The normalized spacial score (nSPS) is 12.7. The molecule has 33 heavy (non-hydrogen) atoms. The molecule has 0 saturated carbocycles.